The lowest BCUT2D eigenvalue weighted by Crippen LogP contribution is -2.11. The number of H-pyrrole nitrogens is 1. The van der Waals surface area contributed by atoms with Gasteiger partial charge in [0.2, 0.25) is 0 Å². The third-order valence-electron chi connectivity index (χ3n) is 2.81. The van der Waals surface area contributed by atoms with Crippen LogP contribution in [0.15, 0.2) is 41.2 Å². The molecule has 0 bridgehead atoms. The monoisotopic (exact) mass is 255 g/mol. The normalized spacial score (nSPS) is 10.8. The molecule has 0 unspecified atom stereocenters. The maximum atomic E-state index is 12.9. The Balaban J connectivity index is 2.21. The van der Waals surface area contributed by atoms with Gasteiger partial charge < -0.3 is 4.98 Å². The minimum absolute atomic E-state index is 0.272. The molecule has 2 aromatic heterocycles. The first kappa shape index (κ1) is 11.5. The minimum atomic E-state index is -0.306. The fraction of sp³-hybridized carbons (Fsp3) is 0.0714. The standard InChI is InChI=1S/C14H10FN3O/c1-8-16-12-7-6-11(18-13(12)14(19)17-8)9-2-4-10(15)5-3-9/h2-7H,1H3,(H,16,17,19). The molecule has 0 spiro atoms. The average Bonchev–Trinajstić information content (AvgIpc) is 2.39. The zero-order valence-corrected chi connectivity index (χ0v) is 10.1. The van der Waals surface area contributed by atoms with E-state index >= 15 is 0 Å². The summed E-state index contributed by atoms with van der Waals surface area (Å²) in [7, 11) is 0. The van der Waals surface area contributed by atoms with Crippen LogP contribution in [0.3, 0.4) is 0 Å². The molecule has 0 aliphatic heterocycles. The van der Waals surface area contributed by atoms with Crippen molar-refractivity contribution in [2.45, 2.75) is 6.92 Å². The number of aromatic amines is 1. The molecular formula is C14H10FN3O. The minimum Gasteiger partial charge on any atom is -0.309 e. The van der Waals surface area contributed by atoms with Crippen molar-refractivity contribution >= 4 is 11.0 Å². The Morgan fingerprint density at radius 3 is 2.53 bits per heavy atom. The fourth-order valence-electron chi connectivity index (χ4n) is 1.92. The molecule has 0 aliphatic rings. The van der Waals surface area contributed by atoms with E-state index in [9.17, 15) is 9.18 Å². The summed E-state index contributed by atoms with van der Waals surface area (Å²) in [4.78, 5) is 22.9. The lowest BCUT2D eigenvalue weighted by atomic mass is 10.1. The summed E-state index contributed by atoms with van der Waals surface area (Å²) in [6, 6.07) is 9.47. The highest BCUT2D eigenvalue weighted by Crippen LogP contribution is 2.19. The average molecular weight is 255 g/mol. The highest BCUT2D eigenvalue weighted by Gasteiger charge is 2.06. The lowest BCUT2D eigenvalue weighted by Gasteiger charge is -2.03. The molecule has 0 atom stereocenters. The molecule has 1 aromatic carbocycles. The quantitative estimate of drug-likeness (QED) is 0.726. The Kier molecular flexibility index (Phi) is 2.59. The van der Waals surface area contributed by atoms with Gasteiger partial charge in [0.25, 0.3) is 5.56 Å². The third-order valence-corrected chi connectivity index (χ3v) is 2.81. The molecule has 0 amide bonds. The first-order valence-electron chi connectivity index (χ1n) is 5.77. The van der Waals surface area contributed by atoms with Crippen LogP contribution >= 0.6 is 0 Å². The first-order chi connectivity index (χ1) is 9.13. The maximum Gasteiger partial charge on any atom is 0.277 e. The number of hydrogen-bond donors (Lipinski definition) is 1. The van der Waals surface area contributed by atoms with Gasteiger partial charge >= 0.3 is 0 Å². The van der Waals surface area contributed by atoms with E-state index in [1.807, 2.05) is 0 Å². The van der Waals surface area contributed by atoms with Crippen molar-refractivity contribution in [3.8, 4) is 11.3 Å². The molecule has 0 saturated carbocycles. The van der Waals surface area contributed by atoms with Gasteiger partial charge in [0.1, 0.15) is 11.6 Å². The molecule has 0 aliphatic carbocycles. The van der Waals surface area contributed by atoms with E-state index in [0.29, 0.717) is 17.0 Å². The SMILES string of the molecule is Cc1nc2ccc(-c3ccc(F)cc3)nc2c(=O)[nH]1. The molecule has 3 rings (SSSR count). The van der Waals surface area contributed by atoms with Crippen LogP contribution in [0.1, 0.15) is 5.82 Å². The van der Waals surface area contributed by atoms with Crippen molar-refractivity contribution in [3.63, 3.8) is 0 Å². The summed E-state index contributed by atoms with van der Waals surface area (Å²) in [6.45, 7) is 1.72. The summed E-state index contributed by atoms with van der Waals surface area (Å²) >= 11 is 0. The molecular weight excluding hydrogens is 245 g/mol. The predicted molar refractivity (Wildman–Crippen MR) is 70.3 cm³/mol. The first-order valence-corrected chi connectivity index (χ1v) is 5.77. The van der Waals surface area contributed by atoms with Gasteiger partial charge in [-0.15, -0.1) is 0 Å². The third kappa shape index (κ3) is 2.10. The Hall–Kier alpha value is -2.56. The summed E-state index contributed by atoms with van der Waals surface area (Å²) in [5.41, 5.74) is 1.93. The highest BCUT2D eigenvalue weighted by molar-refractivity contribution is 5.77. The number of aryl methyl sites for hydroxylation is 1. The maximum absolute atomic E-state index is 12.9. The zero-order valence-electron chi connectivity index (χ0n) is 10.1. The number of halogens is 1. The summed E-state index contributed by atoms with van der Waals surface area (Å²) in [5, 5.41) is 0. The summed E-state index contributed by atoms with van der Waals surface area (Å²) in [6.07, 6.45) is 0. The largest absolute Gasteiger partial charge is 0.309 e. The molecule has 3 aromatic rings. The van der Waals surface area contributed by atoms with Gasteiger partial charge in [0.05, 0.1) is 11.2 Å². The summed E-state index contributed by atoms with van der Waals surface area (Å²) < 4.78 is 12.9. The highest BCUT2D eigenvalue weighted by atomic mass is 19.1. The molecule has 0 radical (unpaired) electrons. The Morgan fingerprint density at radius 2 is 1.79 bits per heavy atom. The molecule has 0 saturated heterocycles. The van der Waals surface area contributed by atoms with Gasteiger partial charge in [-0.25, -0.2) is 14.4 Å². The topological polar surface area (TPSA) is 58.6 Å². The number of fused-ring (bicyclic) bond motifs is 1. The van der Waals surface area contributed by atoms with Crippen LogP contribution < -0.4 is 5.56 Å². The molecule has 2 heterocycles. The van der Waals surface area contributed by atoms with Gasteiger partial charge in [0.15, 0.2) is 5.52 Å². The number of hydrogen-bond acceptors (Lipinski definition) is 3. The predicted octanol–water partition coefficient (Wildman–Crippen LogP) is 2.43. The molecule has 94 valence electrons. The number of benzene rings is 1. The van der Waals surface area contributed by atoms with Crippen LogP contribution in [-0.4, -0.2) is 15.0 Å². The van der Waals surface area contributed by atoms with E-state index in [1.54, 1.807) is 31.2 Å². The summed E-state index contributed by atoms with van der Waals surface area (Å²) in [5.74, 6) is 0.244. The Morgan fingerprint density at radius 1 is 1.05 bits per heavy atom. The number of nitrogens with zero attached hydrogens (tertiary/aromatic N) is 2. The molecule has 0 fully saturated rings. The van der Waals surface area contributed by atoms with E-state index in [1.165, 1.54) is 12.1 Å². The lowest BCUT2D eigenvalue weighted by molar-refractivity contribution is 0.628. The molecule has 5 heteroatoms. The number of rotatable bonds is 1. The van der Waals surface area contributed by atoms with Gasteiger partial charge in [-0.3, -0.25) is 4.79 Å². The van der Waals surface area contributed by atoms with Crippen molar-refractivity contribution in [1.82, 2.24) is 15.0 Å². The van der Waals surface area contributed by atoms with Crippen LogP contribution in [0.4, 0.5) is 4.39 Å². The van der Waals surface area contributed by atoms with E-state index in [4.69, 9.17) is 0 Å². The van der Waals surface area contributed by atoms with E-state index < -0.39 is 0 Å². The Labute approximate surface area is 108 Å². The van der Waals surface area contributed by atoms with Crippen LogP contribution in [0.25, 0.3) is 22.3 Å². The van der Waals surface area contributed by atoms with Gasteiger partial charge in [-0.1, -0.05) is 0 Å². The van der Waals surface area contributed by atoms with Crippen LogP contribution in [0, 0.1) is 12.7 Å². The van der Waals surface area contributed by atoms with Crippen molar-refractivity contribution < 1.29 is 4.39 Å². The smallest absolute Gasteiger partial charge is 0.277 e. The van der Waals surface area contributed by atoms with Crippen LogP contribution in [0.2, 0.25) is 0 Å². The number of pyridine rings is 1. The van der Waals surface area contributed by atoms with Crippen molar-refractivity contribution in [2.75, 3.05) is 0 Å². The van der Waals surface area contributed by atoms with Crippen molar-refractivity contribution in [2.24, 2.45) is 0 Å². The second-order valence-electron chi connectivity index (χ2n) is 4.22. The van der Waals surface area contributed by atoms with Gasteiger partial charge in [-0.05, 0) is 43.3 Å². The molecule has 19 heavy (non-hydrogen) atoms. The number of aromatic nitrogens is 3. The number of nitrogens with one attached hydrogen (secondary N) is 1. The second kappa shape index (κ2) is 4.28. The van der Waals surface area contributed by atoms with Crippen LogP contribution in [-0.2, 0) is 0 Å². The van der Waals surface area contributed by atoms with Gasteiger partial charge in [-0.2, -0.15) is 0 Å². The Bertz CT molecular complexity index is 809. The van der Waals surface area contributed by atoms with Gasteiger partial charge in [0, 0.05) is 5.56 Å². The molecule has 4 nitrogen and oxygen atoms in total. The van der Waals surface area contributed by atoms with E-state index in [-0.39, 0.29) is 16.9 Å². The van der Waals surface area contributed by atoms with E-state index in [0.717, 1.165) is 5.56 Å². The zero-order chi connectivity index (χ0) is 13.4. The van der Waals surface area contributed by atoms with Crippen molar-refractivity contribution in [3.05, 3.63) is 58.4 Å². The fourth-order valence-corrected chi connectivity index (χ4v) is 1.92. The van der Waals surface area contributed by atoms with Crippen LogP contribution in [0.5, 0.6) is 0 Å². The van der Waals surface area contributed by atoms with E-state index in [2.05, 4.69) is 15.0 Å². The molecule has 1 N–H and O–H groups in total. The van der Waals surface area contributed by atoms with Crippen molar-refractivity contribution in [1.29, 1.82) is 0 Å². The second-order valence-corrected chi connectivity index (χ2v) is 4.22.